The van der Waals surface area contributed by atoms with Gasteiger partial charge in [0, 0.05) is 6.42 Å². The number of allylic oxidation sites excluding steroid dienone is 2. The monoisotopic (exact) mass is 274 g/mol. The molecule has 0 aromatic carbocycles. The third kappa shape index (κ3) is 1.70. The number of fused-ring (bicyclic) bond motifs is 5. The highest BCUT2D eigenvalue weighted by atomic mass is 16.3. The van der Waals surface area contributed by atoms with Crippen molar-refractivity contribution < 1.29 is 9.90 Å². The molecule has 3 fully saturated rings. The minimum Gasteiger partial charge on any atom is -0.393 e. The van der Waals surface area contributed by atoms with Crippen LogP contribution in [0.25, 0.3) is 0 Å². The lowest BCUT2D eigenvalue weighted by molar-refractivity contribution is -0.118. The van der Waals surface area contributed by atoms with Crippen LogP contribution in [0.3, 0.4) is 0 Å². The first-order valence-corrected chi connectivity index (χ1v) is 8.48. The number of rotatable bonds is 0. The molecule has 0 amide bonds. The molecule has 4 aliphatic rings. The first kappa shape index (κ1) is 13.1. The topological polar surface area (TPSA) is 37.3 Å². The van der Waals surface area contributed by atoms with E-state index in [2.05, 4.69) is 13.0 Å². The summed E-state index contributed by atoms with van der Waals surface area (Å²) < 4.78 is 0. The average molecular weight is 274 g/mol. The van der Waals surface area contributed by atoms with Gasteiger partial charge < -0.3 is 5.11 Å². The second kappa shape index (κ2) is 4.43. The summed E-state index contributed by atoms with van der Waals surface area (Å²) in [5.74, 6) is 3.90. The molecule has 110 valence electrons. The van der Waals surface area contributed by atoms with Gasteiger partial charge in [0.05, 0.1) is 6.10 Å². The van der Waals surface area contributed by atoms with Crippen LogP contribution in [0.4, 0.5) is 0 Å². The summed E-state index contributed by atoms with van der Waals surface area (Å²) in [4.78, 5) is 11.6. The van der Waals surface area contributed by atoms with Crippen molar-refractivity contribution in [3.63, 3.8) is 0 Å². The van der Waals surface area contributed by atoms with E-state index in [1.54, 1.807) is 0 Å². The van der Waals surface area contributed by atoms with Crippen molar-refractivity contribution in [3.8, 4) is 0 Å². The molecule has 0 spiro atoms. The summed E-state index contributed by atoms with van der Waals surface area (Å²) in [6.45, 7) is 2.33. The maximum atomic E-state index is 11.6. The molecule has 0 aromatic heterocycles. The normalized spacial score (nSPS) is 54.2. The number of aliphatic hydroxyl groups is 1. The third-order valence-electron chi connectivity index (χ3n) is 7.32. The summed E-state index contributed by atoms with van der Waals surface area (Å²) >= 11 is 0. The highest BCUT2D eigenvalue weighted by Crippen LogP contribution is 2.61. The fourth-order valence-electron chi connectivity index (χ4n) is 6.21. The van der Waals surface area contributed by atoms with Crippen LogP contribution in [-0.2, 0) is 4.79 Å². The molecule has 4 aliphatic carbocycles. The molecule has 3 saturated carbocycles. The van der Waals surface area contributed by atoms with Gasteiger partial charge in [-0.05, 0) is 79.6 Å². The summed E-state index contributed by atoms with van der Waals surface area (Å²) in [5, 5.41) is 10.4. The molecular weight excluding hydrogens is 248 g/mol. The summed E-state index contributed by atoms with van der Waals surface area (Å²) in [5.41, 5.74) is 0.183. The van der Waals surface area contributed by atoms with E-state index in [-0.39, 0.29) is 11.5 Å². The van der Waals surface area contributed by atoms with Crippen LogP contribution in [0.1, 0.15) is 51.9 Å². The Kier molecular flexibility index (Phi) is 2.89. The third-order valence-corrected chi connectivity index (χ3v) is 7.32. The number of carbonyl (C=O) groups excluding carboxylic acids is 1. The van der Waals surface area contributed by atoms with Crippen LogP contribution < -0.4 is 0 Å². The van der Waals surface area contributed by atoms with E-state index in [1.165, 1.54) is 32.1 Å². The zero-order valence-electron chi connectivity index (χ0n) is 12.4. The van der Waals surface area contributed by atoms with E-state index in [1.807, 2.05) is 6.08 Å². The molecule has 1 unspecified atom stereocenters. The standard InChI is InChI=1S/C18H26O2/c1-18-9-8-14-13-5-3-12(19)10-11(13)2-4-15(14)16(18)6-7-17(18)20/h3,5,11,13-17,20H,2,4,6-10H2,1H3/t11-,13-,14+,15+,16-,17?,18-/m0/s1. The van der Waals surface area contributed by atoms with Crippen molar-refractivity contribution in [2.24, 2.45) is 35.0 Å². The van der Waals surface area contributed by atoms with Crippen LogP contribution in [-0.4, -0.2) is 17.0 Å². The van der Waals surface area contributed by atoms with Gasteiger partial charge in [-0.3, -0.25) is 4.79 Å². The predicted molar refractivity (Wildman–Crippen MR) is 78.0 cm³/mol. The van der Waals surface area contributed by atoms with Crippen LogP contribution >= 0.6 is 0 Å². The Morgan fingerprint density at radius 1 is 1.15 bits per heavy atom. The van der Waals surface area contributed by atoms with Gasteiger partial charge in [0.2, 0.25) is 0 Å². The number of hydrogen-bond acceptors (Lipinski definition) is 2. The molecule has 2 nitrogen and oxygen atoms in total. The number of carbonyl (C=O) groups is 1. The van der Waals surface area contributed by atoms with Gasteiger partial charge in [-0.15, -0.1) is 0 Å². The number of ketones is 1. The Hall–Kier alpha value is -0.630. The van der Waals surface area contributed by atoms with Gasteiger partial charge in [-0.25, -0.2) is 0 Å². The molecule has 0 heterocycles. The Morgan fingerprint density at radius 2 is 2.00 bits per heavy atom. The zero-order chi connectivity index (χ0) is 13.9. The molecule has 20 heavy (non-hydrogen) atoms. The van der Waals surface area contributed by atoms with E-state index >= 15 is 0 Å². The molecule has 0 radical (unpaired) electrons. The van der Waals surface area contributed by atoms with Crippen LogP contribution in [0.2, 0.25) is 0 Å². The lowest BCUT2D eigenvalue weighted by Crippen LogP contribution is -2.48. The molecule has 1 N–H and O–H groups in total. The van der Waals surface area contributed by atoms with Crippen LogP contribution in [0.15, 0.2) is 12.2 Å². The van der Waals surface area contributed by atoms with E-state index in [0.29, 0.717) is 17.6 Å². The van der Waals surface area contributed by atoms with Gasteiger partial charge in [0.15, 0.2) is 5.78 Å². The molecule has 0 aromatic rings. The Bertz CT molecular complexity index is 454. The quantitative estimate of drug-likeness (QED) is 0.735. The van der Waals surface area contributed by atoms with Gasteiger partial charge >= 0.3 is 0 Å². The minimum absolute atomic E-state index is 0.0744. The van der Waals surface area contributed by atoms with Crippen LogP contribution in [0.5, 0.6) is 0 Å². The molecule has 2 heteroatoms. The van der Waals surface area contributed by atoms with Crippen molar-refractivity contribution in [3.05, 3.63) is 12.2 Å². The highest BCUT2D eigenvalue weighted by molar-refractivity contribution is 5.90. The molecule has 0 saturated heterocycles. The minimum atomic E-state index is -0.0744. The highest BCUT2D eigenvalue weighted by Gasteiger charge is 2.56. The molecule has 0 bridgehead atoms. The smallest absolute Gasteiger partial charge is 0.155 e. The van der Waals surface area contributed by atoms with Crippen molar-refractivity contribution in [2.45, 2.75) is 58.0 Å². The number of aliphatic hydroxyl groups excluding tert-OH is 1. The van der Waals surface area contributed by atoms with Gasteiger partial charge in [-0.2, -0.15) is 0 Å². The predicted octanol–water partition coefficient (Wildman–Crippen LogP) is 3.35. The number of hydrogen-bond donors (Lipinski definition) is 1. The van der Waals surface area contributed by atoms with Gasteiger partial charge in [0.1, 0.15) is 0 Å². The largest absolute Gasteiger partial charge is 0.393 e. The van der Waals surface area contributed by atoms with Crippen molar-refractivity contribution >= 4 is 5.78 Å². The Labute approximate surface area is 121 Å². The SMILES string of the molecule is C[C@]12CC[C@@H]3[C@H]4C=CC(=O)C[C@@H]4CC[C@H]3[C@@H]1CCC2O. The Balaban J connectivity index is 1.62. The van der Waals surface area contributed by atoms with Crippen molar-refractivity contribution in [2.75, 3.05) is 0 Å². The van der Waals surface area contributed by atoms with E-state index in [9.17, 15) is 9.90 Å². The van der Waals surface area contributed by atoms with Crippen LogP contribution in [0, 0.1) is 35.0 Å². The average Bonchev–Trinajstić information content (AvgIpc) is 2.74. The van der Waals surface area contributed by atoms with Crippen molar-refractivity contribution in [1.29, 1.82) is 0 Å². The second-order valence-corrected chi connectivity index (χ2v) is 8.02. The molecule has 0 aliphatic heterocycles. The Morgan fingerprint density at radius 3 is 2.85 bits per heavy atom. The lowest BCUT2D eigenvalue weighted by atomic mass is 9.51. The molecule has 4 rings (SSSR count). The van der Waals surface area contributed by atoms with Crippen molar-refractivity contribution in [1.82, 2.24) is 0 Å². The lowest BCUT2D eigenvalue weighted by Gasteiger charge is -2.54. The molecular formula is C18H26O2. The van der Waals surface area contributed by atoms with E-state index in [4.69, 9.17) is 0 Å². The van der Waals surface area contributed by atoms with Gasteiger partial charge in [-0.1, -0.05) is 13.0 Å². The fraction of sp³-hybridized carbons (Fsp3) is 0.833. The summed E-state index contributed by atoms with van der Waals surface area (Å²) in [6, 6.07) is 0. The molecule has 7 atom stereocenters. The maximum Gasteiger partial charge on any atom is 0.155 e. The summed E-state index contributed by atoms with van der Waals surface area (Å²) in [6.07, 6.45) is 12.0. The maximum absolute atomic E-state index is 11.6. The second-order valence-electron chi connectivity index (χ2n) is 8.02. The summed E-state index contributed by atoms with van der Waals surface area (Å²) in [7, 11) is 0. The fourth-order valence-corrected chi connectivity index (χ4v) is 6.21. The van der Waals surface area contributed by atoms with E-state index in [0.717, 1.165) is 30.6 Å². The zero-order valence-corrected chi connectivity index (χ0v) is 12.4. The first-order valence-electron chi connectivity index (χ1n) is 8.48. The first-order chi connectivity index (χ1) is 9.59. The van der Waals surface area contributed by atoms with Gasteiger partial charge in [0.25, 0.3) is 0 Å². The van der Waals surface area contributed by atoms with E-state index < -0.39 is 0 Å².